The minimum atomic E-state index is 0.369. The summed E-state index contributed by atoms with van der Waals surface area (Å²) in [5.74, 6) is 0.959. The van der Waals surface area contributed by atoms with Crippen molar-refractivity contribution in [3.8, 4) is 0 Å². The molecule has 5 nitrogen and oxygen atoms in total. The molecule has 0 saturated carbocycles. The molecule has 0 bridgehead atoms. The normalized spacial score (nSPS) is 26.0. The Hall–Kier alpha value is -0.940. The van der Waals surface area contributed by atoms with Crippen LogP contribution in [0.25, 0.3) is 0 Å². The van der Waals surface area contributed by atoms with E-state index < -0.39 is 0 Å². The standard InChI is InChI=1S/C10H18N4O/c1-8-3-4-9(15-8)5-11-6-10-13-12-7-14(10)2/h7-9,11H,3-6H2,1-2H3. The van der Waals surface area contributed by atoms with Gasteiger partial charge in [0, 0.05) is 13.6 Å². The zero-order chi connectivity index (χ0) is 10.7. The third kappa shape index (κ3) is 2.76. The highest BCUT2D eigenvalue weighted by Gasteiger charge is 2.21. The summed E-state index contributed by atoms with van der Waals surface area (Å²) in [5.41, 5.74) is 0. The van der Waals surface area contributed by atoms with Gasteiger partial charge in [-0.3, -0.25) is 0 Å². The summed E-state index contributed by atoms with van der Waals surface area (Å²) in [4.78, 5) is 0. The molecule has 1 N–H and O–H groups in total. The summed E-state index contributed by atoms with van der Waals surface area (Å²) in [6, 6.07) is 0. The zero-order valence-corrected chi connectivity index (χ0v) is 9.31. The maximum Gasteiger partial charge on any atom is 0.146 e. The molecule has 1 aromatic rings. The highest BCUT2D eigenvalue weighted by molar-refractivity contribution is 4.83. The Morgan fingerprint density at radius 3 is 3.07 bits per heavy atom. The monoisotopic (exact) mass is 210 g/mol. The van der Waals surface area contributed by atoms with E-state index >= 15 is 0 Å². The number of nitrogens with one attached hydrogen (secondary N) is 1. The van der Waals surface area contributed by atoms with Crippen LogP contribution < -0.4 is 5.32 Å². The second kappa shape index (κ2) is 4.72. The first-order valence-electron chi connectivity index (χ1n) is 5.44. The lowest BCUT2D eigenvalue weighted by atomic mass is 10.2. The van der Waals surface area contributed by atoms with Gasteiger partial charge in [-0.05, 0) is 19.8 Å². The van der Waals surface area contributed by atoms with Gasteiger partial charge >= 0.3 is 0 Å². The molecule has 1 fully saturated rings. The van der Waals surface area contributed by atoms with Gasteiger partial charge in [-0.2, -0.15) is 0 Å². The number of rotatable bonds is 4. The number of hydrogen-bond donors (Lipinski definition) is 1. The van der Waals surface area contributed by atoms with Crippen LogP contribution in [-0.4, -0.2) is 33.5 Å². The Morgan fingerprint density at radius 2 is 2.47 bits per heavy atom. The van der Waals surface area contributed by atoms with E-state index in [0.717, 1.165) is 25.3 Å². The van der Waals surface area contributed by atoms with Gasteiger partial charge in [0.15, 0.2) is 0 Å². The van der Waals surface area contributed by atoms with E-state index in [0.29, 0.717) is 12.2 Å². The maximum absolute atomic E-state index is 5.71. The molecule has 1 aromatic heterocycles. The fourth-order valence-electron chi connectivity index (χ4n) is 1.85. The highest BCUT2D eigenvalue weighted by atomic mass is 16.5. The average molecular weight is 210 g/mol. The Balaban J connectivity index is 1.69. The highest BCUT2D eigenvalue weighted by Crippen LogP contribution is 2.18. The van der Waals surface area contributed by atoms with Crippen molar-refractivity contribution < 1.29 is 4.74 Å². The third-order valence-electron chi connectivity index (χ3n) is 2.78. The van der Waals surface area contributed by atoms with Gasteiger partial charge in [0.05, 0.1) is 18.8 Å². The molecule has 0 aromatic carbocycles. The molecule has 2 rings (SSSR count). The van der Waals surface area contributed by atoms with Gasteiger partial charge < -0.3 is 14.6 Å². The van der Waals surface area contributed by atoms with Gasteiger partial charge in [-0.15, -0.1) is 10.2 Å². The molecule has 84 valence electrons. The molecule has 5 heteroatoms. The number of aromatic nitrogens is 3. The van der Waals surface area contributed by atoms with Gasteiger partial charge in [0.25, 0.3) is 0 Å². The van der Waals surface area contributed by atoms with Gasteiger partial charge in [0.1, 0.15) is 12.2 Å². The van der Waals surface area contributed by atoms with Crippen LogP contribution >= 0.6 is 0 Å². The number of hydrogen-bond acceptors (Lipinski definition) is 4. The second-order valence-electron chi connectivity index (χ2n) is 4.14. The summed E-state index contributed by atoms with van der Waals surface area (Å²) < 4.78 is 7.63. The van der Waals surface area contributed by atoms with Crippen LogP contribution in [0.5, 0.6) is 0 Å². The summed E-state index contributed by atoms with van der Waals surface area (Å²) in [6.45, 7) is 3.78. The van der Waals surface area contributed by atoms with Crippen molar-refractivity contribution in [1.82, 2.24) is 20.1 Å². The van der Waals surface area contributed by atoms with Gasteiger partial charge in [-0.25, -0.2) is 0 Å². The molecule has 2 unspecified atom stereocenters. The van der Waals surface area contributed by atoms with Crippen molar-refractivity contribution >= 4 is 0 Å². The van der Waals surface area contributed by atoms with Crippen molar-refractivity contribution in [2.45, 2.75) is 38.5 Å². The van der Waals surface area contributed by atoms with Crippen molar-refractivity contribution in [1.29, 1.82) is 0 Å². The second-order valence-corrected chi connectivity index (χ2v) is 4.14. The van der Waals surface area contributed by atoms with E-state index in [-0.39, 0.29) is 0 Å². The lowest BCUT2D eigenvalue weighted by molar-refractivity contribution is 0.0557. The summed E-state index contributed by atoms with van der Waals surface area (Å²) in [7, 11) is 1.95. The molecule has 1 saturated heterocycles. The average Bonchev–Trinajstić information content (AvgIpc) is 2.77. The SMILES string of the molecule is CC1CCC(CNCc2nncn2C)O1. The van der Waals surface area contributed by atoms with Crippen LogP contribution in [0.2, 0.25) is 0 Å². The Bertz CT molecular complexity index is 312. The summed E-state index contributed by atoms with van der Waals surface area (Å²) in [6.07, 6.45) is 4.84. The van der Waals surface area contributed by atoms with Crippen LogP contribution in [-0.2, 0) is 18.3 Å². The van der Waals surface area contributed by atoms with Crippen LogP contribution in [0.3, 0.4) is 0 Å². The summed E-state index contributed by atoms with van der Waals surface area (Å²) in [5, 5.41) is 11.2. The molecular weight excluding hydrogens is 192 g/mol. The minimum absolute atomic E-state index is 0.369. The molecule has 0 radical (unpaired) electrons. The Labute approximate surface area is 89.8 Å². The Morgan fingerprint density at radius 1 is 1.60 bits per heavy atom. The fourth-order valence-corrected chi connectivity index (χ4v) is 1.85. The van der Waals surface area contributed by atoms with E-state index in [1.54, 1.807) is 6.33 Å². The lowest BCUT2D eigenvalue weighted by Crippen LogP contribution is -2.27. The van der Waals surface area contributed by atoms with Crippen molar-refractivity contribution in [3.05, 3.63) is 12.2 Å². The smallest absolute Gasteiger partial charge is 0.146 e. The molecule has 1 aliphatic heterocycles. The zero-order valence-electron chi connectivity index (χ0n) is 9.31. The van der Waals surface area contributed by atoms with Gasteiger partial charge in [-0.1, -0.05) is 0 Å². The number of nitrogens with zero attached hydrogens (tertiary/aromatic N) is 3. The maximum atomic E-state index is 5.71. The topological polar surface area (TPSA) is 52.0 Å². The first-order valence-corrected chi connectivity index (χ1v) is 5.44. The molecule has 2 heterocycles. The molecule has 1 aliphatic rings. The largest absolute Gasteiger partial charge is 0.374 e. The lowest BCUT2D eigenvalue weighted by Gasteiger charge is -2.11. The fraction of sp³-hybridized carbons (Fsp3) is 0.800. The van der Waals surface area contributed by atoms with Crippen molar-refractivity contribution in [2.24, 2.45) is 7.05 Å². The quantitative estimate of drug-likeness (QED) is 0.785. The number of ether oxygens (including phenoxy) is 1. The number of aryl methyl sites for hydroxylation is 1. The van der Waals surface area contributed by atoms with Gasteiger partial charge in [0.2, 0.25) is 0 Å². The van der Waals surface area contributed by atoms with E-state index in [1.165, 1.54) is 6.42 Å². The molecule has 15 heavy (non-hydrogen) atoms. The summed E-state index contributed by atoms with van der Waals surface area (Å²) >= 11 is 0. The molecule has 0 aliphatic carbocycles. The first-order chi connectivity index (χ1) is 7.25. The van der Waals surface area contributed by atoms with E-state index in [4.69, 9.17) is 4.74 Å². The van der Waals surface area contributed by atoms with Crippen LogP contribution in [0.4, 0.5) is 0 Å². The minimum Gasteiger partial charge on any atom is -0.374 e. The Kier molecular flexibility index (Phi) is 3.33. The molecule has 0 amide bonds. The molecule has 0 spiro atoms. The van der Waals surface area contributed by atoms with Crippen LogP contribution in [0.1, 0.15) is 25.6 Å². The predicted octanol–water partition coefficient (Wildman–Crippen LogP) is 0.472. The van der Waals surface area contributed by atoms with Crippen molar-refractivity contribution in [3.63, 3.8) is 0 Å². The van der Waals surface area contributed by atoms with Crippen LogP contribution in [0.15, 0.2) is 6.33 Å². The van der Waals surface area contributed by atoms with E-state index in [2.05, 4.69) is 22.4 Å². The molecular formula is C10H18N4O. The van der Waals surface area contributed by atoms with Crippen LogP contribution in [0, 0.1) is 0 Å². The third-order valence-corrected chi connectivity index (χ3v) is 2.78. The molecule has 2 atom stereocenters. The first kappa shape index (κ1) is 10.6. The van der Waals surface area contributed by atoms with Crippen molar-refractivity contribution in [2.75, 3.05) is 6.54 Å². The predicted molar refractivity (Wildman–Crippen MR) is 56.3 cm³/mol. The van der Waals surface area contributed by atoms with E-state index in [9.17, 15) is 0 Å². The van der Waals surface area contributed by atoms with E-state index in [1.807, 2.05) is 11.6 Å².